The fraction of sp³-hybridized carbons (Fsp3) is 0.471. The van der Waals surface area contributed by atoms with E-state index in [4.69, 9.17) is 5.73 Å². The van der Waals surface area contributed by atoms with Gasteiger partial charge in [0, 0.05) is 36.7 Å². The van der Waals surface area contributed by atoms with Crippen LogP contribution in [0.3, 0.4) is 0 Å². The number of nitrogens with zero attached hydrogens (tertiary/aromatic N) is 1. The molecule has 23 heavy (non-hydrogen) atoms. The molecule has 1 saturated carbocycles. The van der Waals surface area contributed by atoms with Gasteiger partial charge in [-0.05, 0) is 43.5 Å². The molecule has 1 aromatic carbocycles. The summed E-state index contributed by atoms with van der Waals surface area (Å²) in [6.45, 7) is 5.02. The monoisotopic (exact) mass is 317 g/mol. The molecule has 0 aliphatic heterocycles. The minimum absolute atomic E-state index is 0.138. The highest BCUT2D eigenvalue weighted by atomic mass is 16.2. The standard InChI is InChI=1S/C17H23N3O3/c1-3-20(17(23)14-10-11(14)2)9-8-15(21)19-13-6-4-12(5-7-13)16(18)22/h4-7,11,14H,3,8-10H2,1-2H3,(H2,18,22)(H,19,21). The lowest BCUT2D eigenvalue weighted by atomic mass is 10.2. The van der Waals surface area contributed by atoms with Crippen LogP contribution < -0.4 is 11.1 Å². The van der Waals surface area contributed by atoms with Gasteiger partial charge in [0.15, 0.2) is 0 Å². The van der Waals surface area contributed by atoms with E-state index in [0.717, 1.165) is 6.42 Å². The van der Waals surface area contributed by atoms with Gasteiger partial charge in [-0.3, -0.25) is 14.4 Å². The average Bonchev–Trinajstić information content (AvgIpc) is 3.25. The molecule has 124 valence electrons. The van der Waals surface area contributed by atoms with E-state index in [2.05, 4.69) is 12.2 Å². The maximum atomic E-state index is 12.2. The lowest BCUT2D eigenvalue weighted by molar-refractivity contribution is -0.133. The lowest BCUT2D eigenvalue weighted by Crippen LogP contribution is -2.35. The SMILES string of the molecule is CCN(CCC(=O)Nc1ccc(C(N)=O)cc1)C(=O)C1CC1C. The van der Waals surface area contributed by atoms with Crippen LogP contribution in [-0.4, -0.2) is 35.7 Å². The van der Waals surface area contributed by atoms with Crippen molar-refractivity contribution >= 4 is 23.4 Å². The number of carbonyl (C=O) groups is 3. The molecule has 0 bridgehead atoms. The summed E-state index contributed by atoms with van der Waals surface area (Å²) in [5.41, 5.74) is 6.16. The first-order chi connectivity index (χ1) is 10.9. The molecule has 3 N–H and O–H groups in total. The molecule has 0 radical (unpaired) electrons. The fourth-order valence-corrected chi connectivity index (χ4v) is 2.50. The van der Waals surface area contributed by atoms with Crippen molar-refractivity contribution in [1.82, 2.24) is 4.90 Å². The number of hydrogen-bond donors (Lipinski definition) is 2. The number of benzene rings is 1. The van der Waals surface area contributed by atoms with Crippen LogP contribution in [0.5, 0.6) is 0 Å². The largest absolute Gasteiger partial charge is 0.366 e. The molecular formula is C17H23N3O3. The quantitative estimate of drug-likeness (QED) is 0.800. The van der Waals surface area contributed by atoms with Crippen molar-refractivity contribution in [3.05, 3.63) is 29.8 Å². The van der Waals surface area contributed by atoms with Crippen LogP contribution in [0, 0.1) is 11.8 Å². The second-order valence-corrected chi connectivity index (χ2v) is 5.98. The summed E-state index contributed by atoms with van der Waals surface area (Å²) in [5, 5.41) is 2.75. The number of nitrogens with two attached hydrogens (primary N) is 1. The number of hydrogen-bond acceptors (Lipinski definition) is 3. The summed E-state index contributed by atoms with van der Waals surface area (Å²) in [4.78, 5) is 36.9. The highest BCUT2D eigenvalue weighted by Gasteiger charge is 2.41. The van der Waals surface area contributed by atoms with Crippen LogP contribution in [0.4, 0.5) is 5.69 Å². The van der Waals surface area contributed by atoms with Crippen molar-refractivity contribution in [3.8, 4) is 0 Å². The predicted molar refractivity (Wildman–Crippen MR) is 87.7 cm³/mol. The van der Waals surface area contributed by atoms with Gasteiger partial charge in [-0.1, -0.05) is 6.92 Å². The van der Waals surface area contributed by atoms with Gasteiger partial charge in [-0.25, -0.2) is 0 Å². The van der Waals surface area contributed by atoms with Gasteiger partial charge >= 0.3 is 0 Å². The number of primary amides is 1. The number of anilines is 1. The minimum Gasteiger partial charge on any atom is -0.366 e. The van der Waals surface area contributed by atoms with E-state index in [1.165, 1.54) is 0 Å². The summed E-state index contributed by atoms with van der Waals surface area (Å²) in [7, 11) is 0. The van der Waals surface area contributed by atoms with Gasteiger partial charge in [0.2, 0.25) is 17.7 Å². The van der Waals surface area contributed by atoms with Crippen molar-refractivity contribution in [1.29, 1.82) is 0 Å². The first kappa shape index (κ1) is 17.0. The zero-order valence-corrected chi connectivity index (χ0v) is 13.5. The third-order valence-corrected chi connectivity index (χ3v) is 4.18. The van der Waals surface area contributed by atoms with E-state index in [1.807, 2.05) is 6.92 Å². The highest BCUT2D eigenvalue weighted by Crippen LogP contribution is 2.39. The number of carbonyl (C=O) groups excluding carboxylic acids is 3. The molecule has 0 aromatic heterocycles. The van der Waals surface area contributed by atoms with Crippen molar-refractivity contribution in [2.75, 3.05) is 18.4 Å². The third-order valence-electron chi connectivity index (χ3n) is 4.18. The van der Waals surface area contributed by atoms with Crippen molar-refractivity contribution < 1.29 is 14.4 Å². The fourth-order valence-electron chi connectivity index (χ4n) is 2.50. The zero-order chi connectivity index (χ0) is 17.0. The molecule has 0 spiro atoms. The third kappa shape index (κ3) is 4.55. The Kier molecular flexibility index (Phi) is 5.36. The smallest absolute Gasteiger partial charge is 0.248 e. The minimum atomic E-state index is -0.505. The van der Waals surface area contributed by atoms with Crippen LogP contribution >= 0.6 is 0 Å². The highest BCUT2D eigenvalue weighted by molar-refractivity contribution is 5.95. The van der Waals surface area contributed by atoms with E-state index in [-0.39, 0.29) is 24.2 Å². The molecule has 1 aromatic rings. The van der Waals surface area contributed by atoms with E-state index < -0.39 is 5.91 Å². The molecule has 2 unspecified atom stereocenters. The first-order valence-electron chi connectivity index (χ1n) is 7.90. The summed E-state index contributed by atoms with van der Waals surface area (Å²) in [6, 6.07) is 6.39. The Morgan fingerprint density at radius 3 is 2.35 bits per heavy atom. The number of rotatable bonds is 7. The first-order valence-corrected chi connectivity index (χ1v) is 7.90. The molecule has 2 rings (SSSR count). The Balaban J connectivity index is 1.81. The van der Waals surface area contributed by atoms with E-state index in [9.17, 15) is 14.4 Å². The Hall–Kier alpha value is -2.37. The topological polar surface area (TPSA) is 92.5 Å². The molecule has 1 aliphatic rings. The maximum Gasteiger partial charge on any atom is 0.248 e. The van der Waals surface area contributed by atoms with Crippen LogP contribution in [0.25, 0.3) is 0 Å². The second-order valence-electron chi connectivity index (χ2n) is 5.98. The summed E-state index contributed by atoms with van der Waals surface area (Å²) < 4.78 is 0. The van der Waals surface area contributed by atoms with E-state index in [1.54, 1.807) is 29.2 Å². The Labute approximate surface area is 136 Å². The maximum absolute atomic E-state index is 12.2. The zero-order valence-electron chi connectivity index (χ0n) is 13.5. The molecule has 1 aliphatic carbocycles. The average molecular weight is 317 g/mol. The Bertz CT molecular complexity index is 598. The van der Waals surface area contributed by atoms with Crippen LogP contribution in [-0.2, 0) is 9.59 Å². The molecule has 2 atom stereocenters. The van der Waals surface area contributed by atoms with Crippen molar-refractivity contribution in [2.45, 2.75) is 26.7 Å². The normalized spacial score (nSPS) is 19.0. The molecule has 3 amide bonds. The summed E-state index contributed by atoms with van der Waals surface area (Å²) in [5.74, 6) is 0.0910. The van der Waals surface area contributed by atoms with Gasteiger partial charge in [-0.2, -0.15) is 0 Å². The van der Waals surface area contributed by atoms with Gasteiger partial charge < -0.3 is 16.0 Å². The molecule has 0 saturated heterocycles. The van der Waals surface area contributed by atoms with Gasteiger partial charge in [0.05, 0.1) is 0 Å². The van der Waals surface area contributed by atoms with Gasteiger partial charge in [-0.15, -0.1) is 0 Å². The number of amides is 3. The van der Waals surface area contributed by atoms with E-state index >= 15 is 0 Å². The second kappa shape index (κ2) is 7.26. The van der Waals surface area contributed by atoms with Gasteiger partial charge in [0.25, 0.3) is 0 Å². The number of nitrogens with one attached hydrogen (secondary N) is 1. The van der Waals surface area contributed by atoms with Crippen molar-refractivity contribution in [2.24, 2.45) is 17.6 Å². The Morgan fingerprint density at radius 1 is 1.26 bits per heavy atom. The molecule has 0 heterocycles. The van der Waals surface area contributed by atoms with Crippen LogP contribution in [0.15, 0.2) is 24.3 Å². The van der Waals surface area contributed by atoms with Crippen LogP contribution in [0.2, 0.25) is 0 Å². The molecular weight excluding hydrogens is 294 g/mol. The van der Waals surface area contributed by atoms with Crippen molar-refractivity contribution in [3.63, 3.8) is 0 Å². The molecule has 6 heteroatoms. The Morgan fingerprint density at radius 2 is 1.87 bits per heavy atom. The van der Waals surface area contributed by atoms with Gasteiger partial charge in [0.1, 0.15) is 0 Å². The molecule has 6 nitrogen and oxygen atoms in total. The molecule has 1 fully saturated rings. The summed E-state index contributed by atoms with van der Waals surface area (Å²) in [6.07, 6.45) is 1.20. The predicted octanol–water partition coefficient (Wildman–Crippen LogP) is 1.62. The summed E-state index contributed by atoms with van der Waals surface area (Å²) >= 11 is 0. The van der Waals surface area contributed by atoms with E-state index in [0.29, 0.717) is 30.3 Å². The lowest BCUT2D eigenvalue weighted by Gasteiger charge is -2.20. The van der Waals surface area contributed by atoms with Crippen LogP contribution in [0.1, 0.15) is 37.0 Å².